The Hall–Kier alpha value is -1.25. The van der Waals surface area contributed by atoms with Gasteiger partial charge in [0.2, 0.25) is 0 Å². The second-order valence-corrected chi connectivity index (χ2v) is 3.95. The molecule has 1 aromatic heterocycles. The van der Waals surface area contributed by atoms with E-state index < -0.39 is 0 Å². The maximum Gasteiger partial charge on any atom is 0.133 e. The molecule has 0 atom stereocenters. The molecule has 0 amide bonds. The molecule has 1 aliphatic carbocycles. The fraction of sp³-hybridized carbons (Fsp3) is 0.545. The quantitative estimate of drug-likeness (QED) is 0.777. The first-order valence-electron chi connectivity index (χ1n) is 5.14. The average molecular weight is 192 g/mol. The number of rotatable bonds is 2. The van der Waals surface area contributed by atoms with Crippen LogP contribution in [0.25, 0.3) is 0 Å². The van der Waals surface area contributed by atoms with Gasteiger partial charge in [-0.05, 0) is 18.9 Å². The van der Waals surface area contributed by atoms with E-state index in [1.165, 1.54) is 5.69 Å². The molecular formula is C11H16N2O. The molecule has 0 unspecified atom stereocenters. The number of ketones is 1. The van der Waals surface area contributed by atoms with E-state index in [-0.39, 0.29) is 0 Å². The van der Waals surface area contributed by atoms with Gasteiger partial charge in [-0.2, -0.15) is 0 Å². The highest BCUT2D eigenvalue weighted by Gasteiger charge is 2.22. The van der Waals surface area contributed by atoms with Gasteiger partial charge in [0, 0.05) is 38.3 Å². The predicted octanol–water partition coefficient (Wildman–Crippen LogP) is 1.96. The number of Topliss-reactive ketones (excluding diaryl/α,β-unsaturated/α-hetero) is 1. The Morgan fingerprint density at radius 2 is 2.14 bits per heavy atom. The van der Waals surface area contributed by atoms with Gasteiger partial charge < -0.3 is 9.88 Å². The number of aromatic amines is 1. The zero-order valence-corrected chi connectivity index (χ0v) is 8.49. The Bertz CT molecular complexity index is 295. The lowest BCUT2D eigenvalue weighted by atomic mass is 9.93. The molecule has 0 saturated heterocycles. The number of carbonyl (C=O) groups is 1. The number of hydrogen-bond donors (Lipinski definition) is 1. The van der Waals surface area contributed by atoms with Crippen LogP contribution in [0, 0.1) is 0 Å². The van der Waals surface area contributed by atoms with Crippen molar-refractivity contribution in [2.75, 3.05) is 11.9 Å². The number of hydrogen-bond acceptors (Lipinski definition) is 2. The molecule has 1 fully saturated rings. The standard InChI is InChI=1S/C11H16N2O/c1-13(10-6-7-12-8-10)9-2-4-11(14)5-3-9/h6-9,12H,2-5H2,1H3. The number of aromatic nitrogens is 1. The molecule has 2 rings (SSSR count). The maximum absolute atomic E-state index is 11.1. The number of nitrogens with zero attached hydrogens (tertiary/aromatic N) is 1. The topological polar surface area (TPSA) is 36.1 Å². The van der Waals surface area contributed by atoms with Crippen LogP contribution in [-0.4, -0.2) is 23.9 Å². The minimum Gasteiger partial charge on any atom is -0.370 e. The highest BCUT2D eigenvalue weighted by atomic mass is 16.1. The Labute approximate surface area is 84.1 Å². The van der Waals surface area contributed by atoms with Crippen LogP contribution >= 0.6 is 0 Å². The highest BCUT2D eigenvalue weighted by molar-refractivity contribution is 5.79. The van der Waals surface area contributed by atoms with Gasteiger partial charge in [0.15, 0.2) is 0 Å². The van der Waals surface area contributed by atoms with E-state index in [9.17, 15) is 4.79 Å². The largest absolute Gasteiger partial charge is 0.370 e. The second kappa shape index (κ2) is 3.86. The summed E-state index contributed by atoms with van der Waals surface area (Å²) in [5, 5.41) is 0. The summed E-state index contributed by atoms with van der Waals surface area (Å²) in [6.07, 6.45) is 7.43. The molecule has 0 spiro atoms. The van der Waals surface area contributed by atoms with E-state index in [1.807, 2.05) is 12.4 Å². The lowest BCUT2D eigenvalue weighted by Gasteiger charge is -2.31. The van der Waals surface area contributed by atoms with Crippen LogP contribution in [0.1, 0.15) is 25.7 Å². The third-order valence-corrected chi connectivity index (χ3v) is 3.05. The van der Waals surface area contributed by atoms with Crippen LogP contribution in [0.2, 0.25) is 0 Å². The third kappa shape index (κ3) is 1.81. The monoisotopic (exact) mass is 192 g/mol. The van der Waals surface area contributed by atoms with E-state index in [0.717, 1.165) is 25.7 Å². The van der Waals surface area contributed by atoms with Crippen LogP contribution in [0.5, 0.6) is 0 Å². The molecule has 3 heteroatoms. The fourth-order valence-electron chi connectivity index (χ4n) is 2.06. The van der Waals surface area contributed by atoms with E-state index in [2.05, 4.69) is 23.0 Å². The third-order valence-electron chi connectivity index (χ3n) is 3.05. The van der Waals surface area contributed by atoms with Gasteiger partial charge in [-0.15, -0.1) is 0 Å². The molecule has 14 heavy (non-hydrogen) atoms. The van der Waals surface area contributed by atoms with Crippen LogP contribution in [0.3, 0.4) is 0 Å². The number of H-pyrrole nitrogens is 1. The van der Waals surface area contributed by atoms with Crippen LogP contribution in [0.4, 0.5) is 5.69 Å². The molecule has 0 aliphatic heterocycles. The van der Waals surface area contributed by atoms with Crippen molar-refractivity contribution in [3.05, 3.63) is 18.5 Å². The summed E-state index contributed by atoms with van der Waals surface area (Å²) in [5.74, 6) is 0.420. The minimum absolute atomic E-state index is 0.420. The second-order valence-electron chi connectivity index (χ2n) is 3.95. The van der Waals surface area contributed by atoms with Gasteiger partial charge in [0.1, 0.15) is 5.78 Å². The molecule has 1 saturated carbocycles. The summed E-state index contributed by atoms with van der Waals surface area (Å²) >= 11 is 0. The average Bonchev–Trinajstić information content (AvgIpc) is 2.71. The number of nitrogens with one attached hydrogen (secondary N) is 1. The summed E-state index contributed by atoms with van der Waals surface area (Å²) in [6, 6.07) is 2.60. The zero-order valence-electron chi connectivity index (χ0n) is 8.49. The van der Waals surface area contributed by atoms with Crippen molar-refractivity contribution in [2.45, 2.75) is 31.7 Å². The molecular weight excluding hydrogens is 176 g/mol. The minimum atomic E-state index is 0.420. The van der Waals surface area contributed by atoms with Crippen molar-refractivity contribution < 1.29 is 4.79 Å². The van der Waals surface area contributed by atoms with Crippen molar-refractivity contribution in [1.29, 1.82) is 0 Å². The van der Waals surface area contributed by atoms with Crippen molar-refractivity contribution >= 4 is 11.5 Å². The Balaban J connectivity index is 1.99. The van der Waals surface area contributed by atoms with Crippen LogP contribution in [0.15, 0.2) is 18.5 Å². The first kappa shape index (κ1) is 9.31. The Morgan fingerprint density at radius 3 is 2.71 bits per heavy atom. The Morgan fingerprint density at radius 1 is 1.43 bits per heavy atom. The van der Waals surface area contributed by atoms with Gasteiger partial charge in [0.05, 0.1) is 5.69 Å². The lowest BCUT2D eigenvalue weighted by Crippen LogP contribution is -2.34. The fourth-order valence-corrected chi connectivity index (χ4v) is 2.06. The first-order valence-corrected chi connectivity index (χ1v) is 5.14. The molecule has 1 aliphatic rings. The van der Waals surface area contributed by atoms with E-state index in [4.69, 9.17) is 0 Å². The SMILES string of the molecule is CN(c1cc[nH]c1)C1CCC(=O)CC1. The van der Waals surface area contributed by atoms with Gasteiger partial charge >= 0.3 is 0 Å². The number of anilines is 1. The summed E-state index contributed by atoms with van der Waals surface area (Å²) in [7, 11) is 2.10. The Kier molecular flexibility index (Phi) is 2.57. The van der Waals surface area contributed by atoms with E-state index in [1.54, 1.807) is 0 Å². The maximum atomic E-state index is 11.1. The molecule has 76 valence electrons. The predicted molar refractivity (Wildman–Crippen MR) is 56.5 cm³/mol. The molecule has 0 bridgehead atoms. The van der Waals surface area contributed by atoms with E-state index in [0.29, 0.717) is 11.8 Å². The van der Waals surface area contributed by atoms with Crippen molar-refractivity contribution in [3.63, 3.8) is 0 Å². The van der Waals surface area contributed by atoms with Crippen molar-refractivity contribution in [1.82, 2.24) is 4.98 Å². The summed E-state index contributed by atoms with van der Waals surface area (Å²) in [6.45, 7) is 0. The van der Waals surface area contributed by atoms with Gasteiger partial charge in [-0.25, -0.2) is 0 Å². The summed E-state index contributed by atoms with van der Waals surface area (Å²) < 4.78 is 0. The normalized spacial score (nSPS) is 18.5. The van der Waals surface area contributed by atoms with Crippen molar-refractivity contribution in [3.8, 4) is 0 Å². The van der Waals surface area contributed by atoms with Crippen molar-refractivity contribution in [2.24, 2.45) is 0 Å². The molecule has 1 heterocycles. The highest BCUT2D eigenvalue weighted by Crippen LogP contribution is 2.23. The van der Waals surface area contributed by atoms with Crippen LogP contribution in [-0.2, 0) is 4.79 Å². The first-order chi connectivity index (χ1) is 6.77. The smallest absolute Gasteiger partial charge is 0.133 e. The van der Waals surface area contributed by atoms with Crippen LogP contribution < -0.4 is 4.90 Å². The molecule has 3 nitrogen and oxygen atoms in total. The number of carbonyl (C=O) groups excluding carboxylic acids is 1. The van der Waals surface area contributed by atoms with E-state index >= 15 is 0 Å². The van der Waals surface area contributed by atoms with Gasteiger partial charge in [-0.3, -0.25) is 4.79 Å². The summed E-state index contributed by atoms with van der Waals surface area (Å²) in [5.41, 5.74) is 1.21. The van der Waals surface area contributed by atoms with Gasteiger partial charge in [-0.1, -0.05) is 0 Å². The van der Waals surface area contributed by atoms with Gasteiger partial charge in [0.25, 0.3) is 0 Å². The molecule has 1 N–H and O–H groups in total. The zero-order chi connectivity index (χ0) is 9.97. The summed E-state index contributed by atoms with van der Waals surface area (Å²) in [4.78, 5) is 16.4. The lowest BCUT2D eigenvalue weighted by molar-refractivity contribution is -0.120. The molecule has 0 aromatic carbocycles. The molecule has 0 radical (unpaired) electrons. The molecule has 1 aromatic rings.